The Hall–Kier alpha value is -0.910. The van der Waals surface area contributed by atoms with E-state index in [4.69, 9.17) is 0 Å². The van der Waals surface area contributed by atoms with Gasteiger partial charge in [-0.2, -0.15) is 0 Å². The third-order valence-electron chi connectivity index (χ3n) is 5.44. The number of likely N-dealkylation sites (tertiary alicyclic amines) is 1. The molecule has 1 aliphatic heterocycles. The Bertz CT molecular complexity index is 495. The second-order valence-corrected chi connectivity index (χ2v) is 8.02. The lowest BCUT2D eigenvalue weighted by Crippen LogP contribution is -2.50. The lowest BCUT2D eigenvalue weighted by molar-refractivity contribution is -0.131. The highest BCUT2D eigenvalue weighted by atomic mass is 32.1. The first-order valence-corrected chi connectivity index (χ1v) is 10.1. The molecule has 1 aliphatic rings. The molecule has 1 aromatic rings. The van der Waals surface area contributed by atoms with Crippen molar-refractivity contribution >= 4 is 17.2 Å². The topological polar surface area (TPSA) is 43.8 Å². The van der Waals surface area contributed by atoms with Gasteiger partial charge in [-0.15, -0.1) is 11.3 Å². The zero-order valence-corrected chi connectivity index (χ0v) is 16.3. The molecule has 2 rings (SSSR count). The first kappa shape index (κ1) is 19.4. The van der Waals surface area contributed by atoms with Gasteiger partial charge in [0.05, 0.1) is 18.7 Å². The van der Waals surface area contributed by atoms with Gasteiger partial charge in [-0.05, 0) is 44.6 Å². The van der Waals surface area contributed by atoms with Gasteiger partial charge in [0.2, 0.25) is 5.91 Å². The summed E-state index contributed by atoms with van der Waals surface area (Å²) in [6.45, 7) is 10.1. The van der Waals surface area contributed by atoms with Crippen LogP contribution in [0, 0.1) is 0 Å². The average molecular weight is 353 g/mol. The van der Waals surface area contributed by atoms with Crippen molar-refractivity contribution < 1.29 is 9.90 Å². The van der Waals surface area contributed by atoms with E-state index in [2.05, 4.69) is 38.7 Å². The van der Waals surface area contributed by atoms with Crippen LogP contribution >= 0.6 is 11.3 Å². The molecule has 24 heavy (non-hydrogen) atoms. The molecule has 2 unspecified atom stereocenters. The Labute approximate surface area is 150 Å². The van der Waals surface area contributed by atoms with Gasteiger partial charge in [0.1, 0.15) is 0 Å². The van der Waals surface area contributed by atoms with Crippen LogP contribution in [0.25, 0.3) is 0 Å². The molecule has 0 saturated carbocycles. The lowest BCUT2D eigenvalue weighted by Gasteiger charge is -2.38. The van der Waals surface area contributed by atoms with Crippen molar-refractivity contribution in [3.05, 3.63) is 22.4 Å². The summed E-state index contributed by atoms with van der Waals surface area (Å²) in [6, 6.07) is 4.90. The Morgan fingerprint density at radius 2 is 2.00 bits per heavy atom. The summed E-state index contributed by atoms with van der Waals surface area (Å²) in [7, 11) is 0. The number of rotatable bonds is 9. The van der Waals surface area contributed by atoms with Crippen LogP contribution in [0.5, 0.6) is 0 Å². The van der Waals surface area contributed by atoms with E-state index in [0.29, 0.717) is 31.6 Å². The maximum Gasteiger partial charge on any atom is 0.223 e. The Morgan fingerprint density at radius 3 is 2.54 bits per heavy atom. The second-order valence-electron chi connectivity index (χ2n) is 6.99. The third kappa shape index (κ3) is 4.58. The number of carbonyl (C=O) groups excluding carboxylic acids is 1. The van der Waals surface area contributed by atoms with Crippen LogP contribution in [-0.2, 0) is 11.3 Å². The van der Waals surface area contributed by atoms with Crippen molar-refractivity contribution in [3.63, 3.8) is 0 Å². The molecule has 0 aromatic carbocycles. The number of thiophene rings is 1. The first-order chi connectivity index (χ1) is 11.5. The molecule has 1 fully saturated rings. The monoisotopic (exact) mass is 352 g/mol. The van der Waals surface area contributed by atoms with Crippen LogP contribution in [0.4, 0.5) is 0 Å². The molecule has 0 aliphatic carbocycles. The zero-order chi connectivity index (χ0) is 17.7. The minimum Gasteiger partial charge on any atom is -0.390 e. The van der Waals surface area contributed by atoms with Crippen molar-refractivity contribution in [2.75, 3.05) is 6.54 Å². The predicted octanol–water partition coefficient (Wildman–Crippen LogP) is 3.50. The third-order valence-corrected chi connectivity index (χ3v) is 6.30. The lowest BCUT2D eigenvalue weighted by atomic mass is 10.0. The smallest absolute Gasteiger partial charge is 0.223 e. The molecule has 4 atom stereocenters. The summed E-state index contributed by atoms with van der Waals surface area (Å²) in [6.07, 6.45) is 2.97. The molecule has 136 valence electrons. The van der Waals surface area contributed by atoms with Crippen LogP contribution in [0.2, 0.25) is 0 Å². The van der Waals surface area contributed by atoms with Gasteiger partial charge >= 0.3 is 0 Å². The van der Waals surface area contributed by atoms with Gasteiger partial charge in [0.15, 0.2) is 0 Å². The van der Waals surface area contributed by atoms with Crippen LogP contribution in [0.1, 0.15) is 58.3 Å². The SMILES string of the molecule is CCC(C)N(C[C@H](O)[C@@H]1CCC(=O)N1Cc1cccs1)C(C)CC. The van der Waals surface area contributed by atoms with Gasteiger partial charge in [-0.3, -0.25) is 9.69 Å². The molecule has 0 radical (unpaired) electrons. The van der Waals surface area contributed by atoms with E-state index in [9.17, 15) is 9.90 Å². The minimum atomic E-state index is -0.487. The van der Waals surface area contributed by atoms with E-state index in [1.54, 1.807) is 11.3 Å². The number of nitrogens with zero attached hydrogens (tertiary/aromatic N) is 2. The molecular weight excluding hydrogens is 320 g/mol. The molecule has 1 amide bonds. The Balaban J connectivity index is 2.05. The van der Waals surface area contributed by atoms with Gasteiger partial charge in [-0.25, -0.2) is 0 Å². The number of aliphatic hydroxyl groups is 1. The van der Waals surface area contributed by atoms with E-state index in [-0.39, 0.29) is 11.9 Å². The minimum absolute atomic E-state index is 0.0600. The van der Waals surface area contributed by atoms with Crippen molar-refractivity contribution in [1.82, 2.24) is 9.80 Å². The molecule has 1 N–H and O–H groups in total. The van der Waals surface area contributed by atoms with Crippen LogP contribution in [0.3, 0.4) is 0 Å². The quantitative estimate of drug-likeness (QED) is 0.740. The van der Waals surface area contributed by atoms with Gasteiger partial charge in [-0.1, -0.05) is 19.9 Å². The standard InChI is InChI=1S/C19H32N2O2S/c1-5-14(3)20(15(4)6-2)13-18(22)17-9-10-19(23)21(17)12-16-8-7-11-24-16/h7-8,11,14-15,17-18,22H,5-6,9-10,12-13H2,1-4H3/t14?,15?,17-,18-/m0/s1. The van der Waals surface area contributed by atoms with Crippen molar-refractivity contribution in [2.45, 2.75) is 84.2 Å². The fraction of sp³-hybridized carbons (Fsp3) is 0.737. The molecule has 0 bridgehead atoms. The molecule has 5 heteroatoms. The maximum atomic E-state index is 12.3. The maximum absolute atomic E-state index is 12.3. The van der Waals surface area contributed by atoms with Crippen molar-refractivity contribution in [1.29, 1.82) is 0 Å². The molecule has 0 spiro atoms. The molecule has 2 heterocycles. The number of hydrogen-bond acceptors (Lipinski definition) is 4. The van der Waals surface area contributed by atoms with E-state index in [1.165, 1.54) is 4.88 Å². The highest BCUT2D eigenvalue weighted by molar-refractivity contribution is 7.09. The van der Waals surface area contributed by atoms with Gasteiger partial charge in [0.25, 0.3) is 0 Å². The number of carbonyl (C=O) groups is 1. The molecular formula is C19H32N2O2S. The van der Waals surface area contributed by atoms with Crippen molar-refractivity contribution in [3.8, 4) is 0 Å². The average Bonchev–Trinajstić information content (AvgIpc) is 3.22. The summed E-state index contributed by atoms with van der Waals surface area (Å²) in [5, 5.41) is 12.9. The number of hydrogen-bond donors (Lipinski definition) is 1. The summed E-state index contributed by atoms with van der Waals surface area (Å²) >= 11 is 1.67. The first-order valence-electron chi connectivity index (χ1n) is 9.23. The highest BCUT2D eigenvalue weighted by Gasteiger charge is 2.37. The zero-order valence-electron chi connectivity index (χ0n) is 15.4. The normalized spacial score (nSPS) is 22.2. The van der Waals surface area contributed by atoms with Crippen LogP contribution < -0.4 is 0 Å². The summed E-state index contributed by atoms with van der Waals surface area (Å²) in [5.74, 6) is 0.172. The number of amides is 1. The second kappa shape index (κ2) is 8.97. The molecule has 1 saturated heterocycles. The van der Waals surface area contributed by atoms with Crippen LogP contribution in [0.15, 0.2) is 17.5 Å². The van der Waals surface area contributed by atoms with Crippen LogP contribution in [-0.4, -0.2) is 51.6 Å². The summed E-state index contributed by atoms with van der Waals surface area (Å²) in [5.41, 5.74) is 0. The van der Waals surface area contributed by atoms with E-state index < -0.39 is 6.10 Å². The number of aliphatic hydroxyl groups excluding tert-OH is 1. The summed E-state index contributed by atoms with van der Waals surface area (Å²) in [4.78, 5) is 17.8. The van der Waals surface area contributed by atoms with E-state index in [0.717, 1.165) is 19.3 Å². The molecule has 4 nitrogen and oxygen atoms in total. The van der Waals surface area contributed by atoms with Gasteiger partial charge < -0.3 is 10.0 Å². The Kier molecular flexibility index (Phi) is 7.26. The van der Waals surface area contributed by atoms with Crippen molar-refractivity contribution in [2.24, 2.45) is 0 Å². The Morgan fingerprint density at radius 1 is 1.33 bits per heavy atom. The highest BCUT2D eigenvalue weighted by Crippen LogP contribution is 2.26. The summed E-state index contributed by atoms with van der Waals surface area (Å²) < 4.78 is 0. The van der Waals surface area contributed by atoms with E-state index in [1.807, 2.05) is 16.3 Å². The van der Waals surface area contributed by atoms with E-state index >= 15 is 0 Å². The fourth-order valence-corrected chi connectivity index (χ4v) is 4.24. The predicted molar refractivity (Wildman–Crippen MR) is 100 cm³/mol. The fourth-order valence-electron chi connectivity index (χ4n) is 3.53. The van der Waals surface area contributed by atoms with Gasteiger partial charge in [0, 0.05) is 29.9 Å². The largest absolute Gasteiger partial charge is 0.390 e. The molecule has 1 aromatic heterocycles.